The number of hydrogen-bond acceptors (Lipinski definition) is 3. The fourth-order valence-corrected chi connectivity index (χ4v) is 0.203. The summed E-state index contributed by atoms with van der Waals surface area (Å²) < 4.78 is 4.31. The number of carbonyl (C=O) groups excluding carboxylic acids is 2. The van der Waals surface area contributed by atoms with Gasteiger partial charge >= 0.3 is 5.97 Å². The van der Waals surface area contributed by atoms with Crippen molar-refractivity contribution in [3.8, 4) is 0 Å². The zero-order chi connectivity index (χ0) is 6.57. The number of ketones is 1. The molecule has 0 radical (unpaired) electrons. The van der Waals surface area contributed by atoms with Crippen molar-refractivity contribution in [2.75, 3.05) is 6.61 Å². The first-order valence-electron chi connectivity index (χ1n) is 2.25. The maximum absolute atomic E-state index is 10.1. The zero-order valence-electron chi connectivity index (χ0n) is 5.34. The summed E-state index contributed by atoms with van der Waals surface area (Å²) in [4.78, 5) is 20.0. The Balaban J connectivity index is 0. The SMILES string of the molecule is CC(=O)COC(C)=O.[Cr]. The molecule has 0 rings (SSSR count). The van der Waals surface area contributed by atoms with Crippen molar-refractivity contribution in [1.29, 1.82) is 0 Å². The summed E-state index contributed by atoms with van der Waals surface area (Å²) in [5, 5.41) is 0. The Morgan fingerprint density at radius 2 is 1.78 bits per heavy atom. The monoisotopic (exact) mass is 168 g/mol. The minimum absolute atomic E-state index is 0. The van der Waals surface area contributed by atoms with Crippen LogP contribution in [0.3, 0.4) is 0 Å². The molecule has 0 saturated heterocycles. The topological polar surface area (TPSA) is 43.4 Å². The van der Waals surface area contributed by atoms with Gasteiger partial charge < -0.3 is 4.74 Å². The number of Topliss-reactive ketones (excluding diaryl/α,β-unsaturated/α-hetero) is 1. The number of ether oxygens (including phenoxy) is 1. The third-order valence-corrected chi connectivity index (χ3v) is 0.479. The van der Waals surface area contributed by atoms with E-state index in [1.54, 1.807) is 0 Å². The van der Waals surface area contributed by atoms with Gasteiger partial charge in [-0.2, -0.15) is 0 Å². The van der Waals surface area contributed by atoms with Crippen LogP contribution in [-0.2, 0) is 31.7 Å². The van der Waals surface area contributed by atoms with Crippen molar-refractivity contribution in [2.45, 2.75) is 13.8 Å². The molecule has 9 heavy (non-hydrogen) atoms. The van der Waals surface area contributed by atoms with Gasteiger partial charge in [0.25, 0.3) is 0 Å². The van der Waals surface area contributed by atoms with Crippen LogP contribution in [0.15, 0.2) is 0 Å². The van der Waals surface area contributed by atoms with Crippen LogP contribution in [0.2, 0.25) is 0 Å². The number of esters is 1. The van der Waals surface area contributed by atoms with Gasteiger partial charge in [-0.25, -0.2) is 0 Å². The summed E-state index contributed by atoms with van der Waals surface area (Å²) in [6.45, 7) is 2.53. The Kier molecular flexibility index (Phi) is 7.39. The third kappa shape index (κ3) is 11.3. The summed E-state index contributed by atoms with van der Waals surface area (Å²) in [5.74, 6) is -0.555. The van der Waals surface area contributed by atoms with E-state index in [0.29, 0.717) is 0 Å². The van der Waals surface area contributed by atoms with Crippen LogP contribution in [0.25, 0.3) is 0 Å². The molecule has 0 aliphatic heterocycles. The van der Waals surface area contributed by atoms with Crippen molar-refractivity contribution in [1.82, 2.24) is 0 Å². The predicted molar refractivity (Wildman–Crippen MR) is 27.3 cm³/mol. The molecule has 0 unspecified atom stereocenters. The van der Waals surface area contributed by atoms with E-state index in [9.17, 15) is 9.59 Å². The van der Waals surface area contributed by atoms with E-state index in [2.05, 4.69) is 4.74 Å². The summed E-state index contributed by atoms with van der Waals surface area (Å²) in [6.07, 6.45) is 0. The second kappa shape index (κ2) is 5.80. The van der Waals surface area contributed by atoms with E-state index in [-0.39, 0.29) is 29.8 Å². The van der Waals surface area contributed by atoms with Gasteiger partial charge in [-0.05, 0) is 6.92 Å². The standard InChI is InChI=1S/C5H8O3.Cr/c1-4(6)3-8-5(2)7;/h3H2,1-2H3;. The molecule has 0 heterocycles. The van der Waals surface area contributed by atoms with Crippen molar-refractivity contribution < 1.29 is 31.7 Å². The first-order valence-corrected chi connectivity index (χ1v) is 2.25. The van der Waals surface area contributed by atoms with E-state index in [4.69, 9.17) is 0 Å². The van der Waals surface area contributed by atoms with E-state index in [1.807, 2.05) is 0 Å². The largest absolute Gasteiger partial charge is 0.458 e. The maximum atomic E-state index is 10.1. The molecule has 0 aromatic heterocycles. The average molecular weight is 168 g/mol. The molecule has 52 valence electrons. The second-order valence-corrected chi connectivity index (χ2v) is 1.48. The van der Waals surface area contributed by atoms with Gasteiger partial charge in [0.05, 0.1) is 0 Å². The smallest absolute Gasteiger partial charge is 0.303 e. The van der Waals surface area contributed by atoms with E-state index >= 15 is 0 Å². The molecule has 3 nitrogen and oxygen atoms in total. The molecular formula is C5H8CrO3. The minimum Gasteiger partial charge on any atom is -0.458 e. The summed E-state index contributed by atoms with van der Waals surface area (Å²) in [6, 6.07) is 0. The molecule has 0 aliphatic carbocycles. The van der Waals surface area contributed by atoms with Crippen molar-refractivity contribution in [3.63, 3.8) is 0 Å². The summed E-state index contributed by atoms with van der Waals surface area (Å²) in [7, 11) is 0. The molecule has 0 fully saturated rings. The second-order valence-electron chi connectivity index (χ2n) is 1.48. The van der Waals surface area contributed by atoms with Crippen molar-refractivity contribution in [3.05, 3.63) is 0 Å². The molecule has 0 N–H and O–H groups in total. The Labute approximate surface area is 64.5 Å². The molecule has 4 heteroatoms. The number of rotatable bonds is 2. The molecule has 0 atom stereocenters. The first kappa shape index (κ1) is 11.5. The van der Waals surface area contributed by atoms with E-state index in [1.165, 1.54) is 13.8 Å². The van der Waals surface area contributed by atoms with Crippen molar-refractivity contribution >= 4 is 11.8 Å². The maximum Gasteiger partial charge on any atom is 0.303 e. The Bertz CT molecular complexity index is 96.8. The van der Waals surface area contributed by atoms with Gasteiger partial charge in [-0.1, -0.05) is 0 Å². The molecule has 0 amide bonds. The van der Waals surface area contributed by atoms with Gasteiger partial charge in [0, 0.05) is 24.3 Å². The summed E-state index contributed by atoms with van der Waals surface area (Å²) in [5.41, 5.74) is 0. The van der Waals surface area contributed by atoms with Crippen LogP contribution < -0.4 is 0 Å². The quantitative estimate of drug-likeness (QED) is 0.550. The average Bonchev–Trinajstić information content (AvgIpc) is 1.61. The molecule has 0 aliphatic rings. The molecular weight excluding hydrogens is 160 g/mol. The van der Waals surface area contributed by atoms with Crippen LogP contribution >= 0.6 is 0 Å². The Hall–Kier alpha value is -0.328. The minimum atomic E-state index is -0.416. The fourth-order valence-electron chi connectivity index (χ4n) is 0.203. The molecule has 0 aromatic rings. The molecule has 0 spiro atoms. The van der Waals surface area contributed by atoms with Crippen LogP contribution in [0, 0.1) is 0 Å². The van der Waals surface area contributed by atoms with Crippen LogP contribution in [0.4, 0.5) is 0 Å². The summed E-state index contributed by atoms with van der Waals surface area (Å²) >= 11 is 0. The number of hydrogen-bond donors (Lipinski definition) is 0. The molecule has 0 bridgehead atoms. The van der Waals surface area contributed by atoms with Gasteiger partial charge in [-0.15, -0.1) is 0 Å². The molecule has 0 saturated carbocycles. The van der Waals surface area contributed by atoms with Gasteiger partial charge in [-0.3, -0.25) is 9.59 Å². The van der Waals surface area contributed by atoms with Crippen molar-refractivity contribution in [2.24, 2.45) is 0 Å². The normalized spacial score (nSPS) is 7.33. The first-order chi connectivity index (χ1) is 3.63. The number of carbonyl (C=O) groups is 2. The van der Waals surface area contributed by atoms with E-state index in [0.717, 1.165) is 0 Å². The van der Waals surface area contributed by atoms with Crippen LogP contribution in [0.1, 0.15) is 13.8 Å². The van der Waals surface area contributed by atoms with Gasteiger partial charge in [0.15, 0.2) is 5.78 Å². The fraction of sp³-hybridized carbons (Fsp3) is 0.600. The van der Waals surface area contributed by atoms with Gasteiger partial charge in [0.1, 0.15) is 6.61 Å². The Morgan fingerprint density at radius 1 is 1.33 bits per heavy atom. The van der Waals surface area contributed by atoms with E-state index < -0.39 is 5.97 Å². The third-order valence-electron chi connectivity index (χ3n) is 0.479. The predicted octanol–water partition coefficient (Wildman–Crippen LogP) is 0.136. The van der Waals surface area contributed by atoms with Gasteiger partial charge in [0.2, 0.25) is 0 Å². The van der Waals surface area contributed by atoms with Crippen LogP contribution in [-0.4, -0.2) is 18.4 Å². The zero-order valence-corrected chi connectivity index (χ0v) is 6.62. The van der Waals surface area contributed by atoms with Crippen LogP contribution in [0.5, 0.6) is 0 Å². The Morgan fingerprint density at radius 3 is 1.89 bits per heavy atom. The molecule has 0 aromatic carbocycles.